The van der Waals surface area contributed by atoms with Gasteiger partial charge in [0, 0.05) is 17.6 Å². The van der Waals surface area contributed by atoms with Crippen LogP contribution in [0.3, 0.4) is 0 Å². The summed E-state index contributed by atoms with van der Waals surface area (Å²) >= 11 is 1.06. The zero-order valence-electron chi connectivity index (χ0n) is 10.3. The topological polar surface area (TPSA) is 99.8 Å². The molecule has 7 nitrogen and oxygen atoms in total. The fourth-order valence-corrected chi connectivity index (χ4v) is 1.98. The molecule has 100 valence electrons. The van der Waals surface area contributed by atoms with Crippen molar-refractivity contribution in [1.82, 2.24) is 20.5 Å². The summed E-state index contributed by atoms with van der Waals surface area (Å²) in [4.78, 5) is 25.2. The Morgan fingerprint density at radius 1 is 1.42 bits per heavy atom. The van der Waals surface area contributed by atoms with E-state index in [9.17, 15) is 9.59 Å². The fourth-order valence-electron chi connectivity index (χ4n) is 1.40. The molecule has 0 saturated heterocycles. The molecule has 3 N–H and O–H groups in total. The minimum Gasteiger partial charge on any atom is -0.369 e. The van der Waals surface area contributed by atoms with Crippen molar-refractivity contribution in [3.8, 4) is 0 Å². The number of carbonyl (C=O) groups is 1. The number of rotatable bonds is 5. The highest BCUT2D eigenvalue weighted by Crippen LogP contribution is 2.02. The van der Waals surface area contributed by atoms with Crippen LogP contribution >= 0.6 is 11.3 Å². The van der Waals surface area contributed by atoms with Crippen LogP contribution < -0.4 is 15.5 Å². The number of carbonyl (C=O) groups excluding carboxylic acids is 1. The van der Waals surface area contributed by atoms with Crippen molar-refractivity contribution < 1.29 is 4.79 Å². The molecule has 19 heavy (non-hydrogen) atoms. The van der Waals surface area contributed by atoms with E-state index < -0.39 is 0 Å². The summed E-state index contributed by atoms with van der Waals surface area (Å²) in [6.07, 6.45) is 0. The summed E-state index contributed by atoms with van der Waals surface area (Å²) in [6, 6.07) is 3.29. The lowest BCUT2D eigenvalue weighted by Crippen LogP contribution is -2.24. The monoisotopic (exact) mass is 279 g/mol. The van der Waals surface area contributed by atoms with Gasteiger partial charge in [-0.1, -0.05) is 11.3 Å². The number of aromatic amines is 1. The van der Waals surface area contributed by atoms with Gasteiger partial charge in [0.1, 0.15) is 5.82 Å². The van der Waals surface area contributed by atoms with Gasteiger partial charge in [0.15, 0.2) is 5.69 Å². The van der Waals surface area contributed by atoms with Crippen molar-refractivity contribution in [2.45, 2.75) is 13.5 Å². The van der Waals surface area contributed by atoms with E-state index in [1.807, 2.05) is 6.92 Å². The number of H-pyrrole nitrogens is 1. The normalized spacial score (nSPS) is 10.2. The quantitative estimate of drug-likeness (QED) is 0.743. The molecule has 0 radical (unpaired) electrons. The Labute approximate surface area is 113 Å². The van der Waals surface area contributed by atoms with Crippen molar-refractivity contribution in [2.75, 3.05) is 11.9 Å². The van der Waals surface area contributed by atoms with E-state index in [-0.39, 0.29) is 23.0 Å². The first kappa shape index (κ1) is 13.2. The predicted molar refractivity (Wildman–Crippen MR) is 72.3 cm³/mol. The summed E-state index contributed by atoms with van der Waals surface area (Å²) in [5.41, 5.74) is 0.903. The van der Waals surface area contributed by atoms with E-state index >= 15 is 0 Å². The Kier molecular flexibility index (Phi) is 4.24. The average Bonchev–Trinajstić information content (AvgIpc) is 2.83. The molecule has 0 unspecified atom stereocenters. The van der Waals surface area contributed by atoms with Gasteiger partial charge < -0.3 is 15.6 Å². The van der Waals surface area contributed by atoms with E-state index in [1.54, 1.807) is 17.5 Å². The zero-order chi connectivity index (χ0) is 13.7. The molecule has 2 heterocycles. The third kappa shape index (κ3) is 3.62. The third-order valence-corrected chi connectivity index (χ3v) is 2.98. The van der Waals surface area contributed by atoms with Crippen molar-refractivity contribution in [3.05, 3.63) is 38.6 Å². The van der Waals surface area contributed by atoms with Crippen LogP contribution in [-0.4, -0.2) is 27.6 Å². The Balaban J connectivity index is 1.94. The first-order chi connectivity index (χ1) is 9.19. The smallest absolute Gasteiger partial charge is 0.304 e. The van der Waals surface area contributed by atoms with Crippen molar-refractivity contribution >= 4 is 23.1 Å². The standard InChI is InChI=1S/C11H13N5O2S/c1-2-12-9-4-3-8(15-16-9)10(17)13-5-7-6-19-11(18)14-7/h3-4,6H,2,5H2,1H3,(H,12,16)(H,13,17)(H,14,18). The molecule has 0 aliphatic rings. The second-order valence-corrected chi connectivity index (χ2v) is 4.53. The molecule has 2 aromatic heterocycles. The van der Waals surface area contributed by atoms with E-state index in [4.69, 9.17) is 0 Å². The summed E-state index contributed by atoms with van der Waals surface area (Å²) in [6.45, 7) is 2.95. The highest BCUT2D eigenvalue weighted by molar-refractivity contribution is 7.07. The number of thiazole rings is 1. The lowest BCUT2D eigenvalue weighted by molar-refractivity contribution is 0.0944. The SMILES string of the molecule is CCNc1ccc(C(=O)NCc2csc(=O)[nH]2)nn1. The van der Waals surface area contributed by atoms with Crippen LogP contribution in [0.5, 0.6) is 0 Å². The van der Waals surface area contributed by atoms with Gasteiger partial charge in [-0.15, -0.1) is 10.2 Å². The lowest BCUT2D eigenvalue weighted by atomic mass is 10.3. The summed E-state index contributed by atoms with van der Waals surface area (Å²) in [7, 11) is 0. The maximum atomic E-state index is 11.8. The largest absolute Gasteiger partial charge is 0.369 e. The molecule has 0 saturated carbocycles. The number of hydrogen-bond acceptors (Lipinski definition) is 6. The number of nitrogens with zero attached hydrogens (tertiary/aromatic N) is 2. The second-order valence-electron chi connectivity index (χ2n) is 3.69. The van der Waals surface area contributed by atoms with Gasteiger partial charge in [0.25, 0.3) is 5.91 Å². The number of aromatic nitrogens is 3. The van der Waals surface area contributed by atoms with E-state index in [1.165, 1.54) is 0 Å². The van der Waals surface area contributed by atoms with Gasteiger partial charge >= 0.3 is 4.87 Å². The molecule has 2 aromatic rings. The summed E-state index contributed by atoms with van der Waals surface area (Å²) in [5, 5.41) is 15.0. The van der Waals surface area contributed by atoms with Crippen molar-refractivity contribution in [3.63, 3.8) is 0 Å². The lowest BCUT2D eigenvalue weighted by Gasteiger charge is -2.04. The van der Waals surface area contributed by atoms with Gasteiger partial charge in [-0.05, 0) is 19.1 Å². The van der Waals surface area contributed by atoms with Gasteiger partial charge in [0.2, 0.25) is 0 Å². The molecule has 0 atom stereocenters. The molecule has 0 fully saturated rings. The van der Waals surface area contributed by atoms with Crippen LogP contribution in [0.2, 0.25) is 0 Å². The molecule has 0 aliphatic heterocycles. The summed E-state index contributed by atoms with van der Waals surface area (Å²) in [5.74, 6) is 0.295. The number of amides is 1. The number of anilines is 1. The number of nitrogens with one attached hydrogen (secondary N) is 3. The molecule has 0 aromatic carbocycles. The molecule has 0 aliphatic carbocycles. The Hall–Kier alpha value is -2.22. The second kappa shape index (κ2) is 6.10. The van der Waals surface area contributed by atoms with Crippen LogP contribution in [0.1, 0.15) is 23.1 Å². The maximum absolute atomic E-state index is 11.8. The Morgan fingerprint density at radius 3 is 2.84 bits per heavy atom. The van der Waals surface area contributed by atoms with Crippen molar-refractivity contribution in [1.29, 1.82) is 0 Å². The van der Waals surface area contributed by atoms with Crippen LogP contribution in [0, 0.1) is 0 Å². The maximum Gasteiger partial charge on any atom is 0.304 e. The molecular weight excluding hydrogens is 266 g/mol. The Morgan fingerprint density at radius 2 is 2.26 bits per heavy atom. The highest BCUT2D eigenvalue weighted by atomic mass is 32.1. The van der Waals surface area contributed by atoms with Crippen LogP contribution in [-0.2, 0) is 6.54 Å². The first-order valence-corrected chi connectivity index (χ1v) is 6.59. The molecular formula is C11H13N5O2S. The van der Waals surface area contributed by atoms with Crippen LogP contribution in [0.4, 0.5) is 5.82 Å². The first-order valence-electron chi connectivity index (χ1n) is 5.71. The van der Waals surface area contributed by atoms with Crippen LogP contribution in [0.15, 0.2) is 22.3 Å². The van der Waals surface area contributed by atoms with Gasteiger partial charge in [-0.2, -0.15) is 0 Å². The minimum atomic E-state index is -0.331. The summed E-state index contributed by atoms with van der Waals surface area (Å²) < 4.78 is 0. The molecule has 0 spiro atoms. The van der Waals surface area contributed by atoms with Gasteiger partial charge in [0.05, 0.1) is 6.54 Å². The van der Waals surface area contributed by atoms with E-state index in [2.05, 4.69) is 25.8 Å². The average molecular weight is 279 g/mol. The molecule has 2 rings (SSSR count). The van der Waals surface area contributed by atoms with Gasteiger partial charge in [-0.3, -0.25) is 9.59 Å². The van der Waals surface area contributed by atoms with Crippen molar-refractivity contribution in [2.24, 2.45) is 0 Å². The Bertz CT molecular complexity index is 604. The molecule has 0 bridgehead atoms. The van der Waals surface area contributed by atoms with Gasteiger partial charge in [-0.25, -0.2) is 0 Å². The fraction of sp³-hybridized carbons (Fsp3) is 0.273. The number of hydrogen-bond donors (Lipinski definition) is 3. The molecule has 8 heteroatoms. The van der Waals surface area contributed by atoms with E-state index in [0.29, 0.717) is 11.5 Å². The molecule has 1 amide bonds. The van der Waals surface area contributed by atoms with E-state index in [0.717, 1.165) is 17.9 Å². The van der Waals surface area contributed by atoms with Crippen LogP contribution in [0.25, 0.3) is 0 Å². The third-order valence-electron chi connectivity index (χ3n) is 2.27. The zero-order valence-corrected chi connectivity index (χ0v) is 11.1. The predicted octanol–water partition coefficient (Wildman–Crippen LogP) is 0.588. The highest BCUT2D eigenvalue weighted by Gasteiger charge is 2.08. The minimum absolute atomic E-state index is 0.140.